The second-order valence-electron chi connectivity index (χ2n) is 5.12. The fourth-order valence-electron chi connectivity index (χ4n) is 2.59. The molecule has 2 aromatic carbocycles. The van der Waals surface area contributed by atoms with Gasteiger partial charge in [-0.2, -0.15) is 9.84 Å². The smallest absolute Gasteiger partial charge is 0.413 e. The Morgan fingerprint density at radius 3 is 2.79 bits per heavy atom. The average molecular weight is 406 g/mol. The molecule has 24 heavy (non-hydrogen) atoms. The maximum absolute atomic E-state index is 14.2. The number of benzene rings is 2. The van der Waals surface area contributed by atoms with Crippen molar-refractivity contribution in [3.8, 4) is 6.07 Å². The SMILES string of the molecule is N#CC(C(=O)O)=[N+]1c2ccccc2SC1Cc1ccc(Br)cc1F. The molecule has 1 N–H and O–H groups in total. The summed E-state index contributed by atoms with van der Waals surface area (Å²) in [6.45, 7) is 0. The van der Waals surface area contributed by atoms with Gasteiger partial charge >= 0.3 is 11.7 Å². The third-order valence-corrected chi connectivity index (χ3v) is 5.38. The van der Waals surface area contributed by atoms with E-state index >= 15 is 0 Å². The van der Waals surface area contributed by atoms with Crippen molar-refractivity contribution in [2.75, 3.05) is 0 Å². The van der Waals surface area contributed by atoms with Crippen molar-refractivity contribution in [1.29, 1.82) is 5.26 Å². The first kappa shape index (κ1) is 16.7. The number of nitrogens with zero attached hydrogens (tertiary/aromatic N) is 2. The number of halogens is 2. The van der Waals surface area contributed by atoms with E-state index in [2.05, 4.69) is 15.9 Å². The molecule has 1 aliphatic heterocycles. The minimum Gasteiger partial charge on any atom is -0.473 e. The van der Waals surface area contributed by atoms with Gasteiger partial charge in [0.1, 0.15) is 5.82 Å². The van der Waals surface area contributed by atoms with Crippen LogP contribution in [-0.4, -0.2) is 26.7 Å². The van der Waals surface area contributed by atoms with Crippen LogP contribution in [-0.2, 0) is 11.2 Å². The second-order valence-corrected chi connectivity index (χ2v) is 7.25. The van der Waals surface area contributed by atoms with Crippen LogP contribution in [0.3, 0.4) is 0 Å². The molecule has 3 rings (SSSR count). The summed E-state index contributed by atoms with van der Waals surface area (Å²) in [5.41, 5.74) is 0.759. The lowest BCUT2D eigenvalue weighted by molar-refractivity contribution is -0.451. The summed E-state index contributed by atoms with van der Waals surface area (Å²) in [6, 6.07) is 13.8. The Morgan fingerprint density at radius 2 is 2.12 bits per heavy atom. The van der Waals surface area contributed by atoms with Crippen molar-refractivity contribution in [3.05, 3.63) is 58.3 Å². The monoisotopic (exact) mass is 405 g/mol. The predicted molar refractivity (Wildman–Crippen MR) is 92.1 cm³/mol. The number of carboxylic acids is 1. The van der Waals surface area contributed by atoms with Crippen LogP contribution in [0.2, 0.25) is 0 Å². The van der Waals surface area contributed by atoms with Crippen molar-refractivity contribution < 1.29 is 18.9 Å². The molecule has 1 heterocycles. The van der Waals surface area contributed by atoms with Crippen molar-refractivity contribution in [1.82, 2.24) is 0 Å². The van der Waals surface area contributed by atoms with E-state index in [-0.39, 0.29) is 17.9 Å². The molecule has 2 aromatic rings. The van der Waals surface area contributed by atoms with Gasteiger partial charge in [-0.15, -0.1) is 0 Å². The molecule has 4 nitrogen and oxygen atoms in total. The van der Waals surface area contributed by atoms with E-state index in [1.165, 1.54) is 22.4 Å². The lowest BCUT2D eigenvalue weighted by Crippen LogP contribution is -2.29. The highest BCUT2D eigenvalue weighted by molar-refractivity contribution is 9.10. The molecular formula is C17H11BrFN2O2S+. The number of nitriles is 1. The molecule has 0 spiro atoms. The third kappa shape index (κ3) is 3.07. The lowest BCUT2D eigenvalue weighted by atomic mass is 10.1. The van der Waals surface area contributed by atoms with E-state index in [1.54, 1.807) is 30.3 Å². The van der Waals surface area contributed by atoms with Crippen LogP contribution in [0.5, 0.6) is 0 Å². The van der Waals surface area contributed by atoms with Crippen LogP contribution in [0.25, 0.3) is 0 Å². The van der Waals surface area contributed by atoms with Gasteiger partial charge in [0, 0.05) is 17.0 Å². The molecule has 0 amide bonds. The average Bonchev–Trinajstić information content (AvgIpc) is 2.89. The number of aliphatic carboxylic acids is 1. The van der Waals surface area contributed by atoms with Crippen LogP contribution in [0.15, 0.2) is 51.8 Å². The molecular weight excluding hydrogens is 395 g/mol. The van der Waals surface area contributed by atoms with Gasteiger partial charge < -0.3 is 5.11 Å². The Morgan fingerprint density at radius 1 is 1.38 bits per heavy atom. The minimum atomic E-state index is -1.30. The normalized spacial score (nSPS) is 18.0. The maximum Gasteiger partial charge on any atom is 0.413 e. The molecule has 7 heteroatoms. The molecule has 0 saturated carbocycles. The van der Waals surface area contributed by atoms with Gasteiger partial charge in [-0.1, -0.05) is 34.1 Å². The van der Waals surface area contributed by atoms with Crippen molar-refractivity contribution in [3.63, 3.8) is 0 Å². The van der Waals surface area contributed by atoms with Gasteiger partial charge in [-0.3, -0.25) is 0 Å². The number of carboxylic acid groups (broad SMARTS) is 1. The molecule has 1 aliphatic rings. The lowest BCUT2D eigenvalue weighted by Gasteiger charge is -2.09. The first-order valence-corrected chi connectivity index (χ1v) is 8.67. The number of thioether (sulfide) groups is 1. The highest BCUT2D eigenvalue weighted by Crippen LogP contribution is 2.43. The van der Waals surface area contributed by atoms with Gasteiger partial charge in [0.15, 0.2) is 6.07 Å². The van der Waals surface area contributed by atoms with E-state index in [9.17, 15) is 19.6 Å². The molecule has 0 saturated heterocycles. The molecule has 120 valence electrons. The summed E-state index contributed by atoms with van der Waals surface area (Å²) >= 11 is 4.64. The number of carbonyl (C=O) groups is 1. The van der Waals surface area contributed by atoms with Crippen molar-refractivity contribution >= 4 is 45.1 Å². The molecule has 0 bridgehead atoms. The Balaban J connectivity index is 2.08. The Kier molecular flexibility index (Phi) is 4.69. The number of hydrogen-bond donors (Lipinski definition) is 1. The van der Waals surface area contributed by atoms with Gasteiger partial charge in [0.2, 0.25) is 11.1 Å². The second kappa shape index (κ2) is 6.75. The van der Waals surface area contributed by atoms with E-state index in [0.29, 0.717) is 15.7 Å². The van der Waals surface area contributed by atoms with Gasteiger partial charge in [0.25, 0.3) is 0 Å². The summed E-state index contributed by atoms with van der Waals surface area (Å²) in [6.07, 6.45) is 0.275. The molecule has 0 radical (unpaired) electrons. The standard InChI is InChI=1S/C17H10BrFN2O2S/c18-11-6-5-10(12(19)8-11)7-16-21(14(9-20)17(22)23)13-3-1-2-4-15(13)24-16/h1-6,8,16H,7H2/p+1. The number of hydrogen-bond acceptors (Lipinski definition) is 3. The van der Waals surface area contributed by atoms with Crippen LogP contribution in [0.1, 0.15) is 5.56 Å². The van der Waals surface area contributed by atoms with Crippen LogP contribution in [0, 0.1) is 17.1 Å². The summed E-state index contributed by atoms with van der Waals surface area (Å²) in [5.74, 6) is -1.66. The van der Waals surface area contributed by atoms with E-state index in [0.717, 1.165) is 4.90 Å². The maximum atomic E-state index is 14.2. The molecule has 0 aromatic heterocycles. The quantitative estimate of drug-likeness (QED) is 0.784. The highest BCUT2D eigenvalue weighted by atomic mass is 79.9. The zero-order valence-corrected chi connectivity index (χ0v) is 14.6. The Labute approximate surface area is 150 Å². The topological polar surface area (TPSA) is 64.1 Å². The molecule has 0 aliphatic carbocycles. The van der Waals surface area contributed by atoms with Crippen molar-refractivity contribution in [2.45, 2.75) is 16.7 Å². The third-order valence-electron chi connectivity index (χ3n) is 3.63. The molecule has 1 atom stereocenters. The summed E-state index contributed by atoms with van der Waals surface area (Å²) < 4.78 is 16.3. The fourth-order valence-corrected chi connectivity index (χ4v) is 4.25. The minimum absolute atomic E-state index is 0.275. The van der Waals surface area contributed by atoms with E-state index in [4.69, 9.17) is 0 Å². The number of fused-ring (bicyclic) bond motifs is 1. The van der Waals surface area contributed by atoms with Crippen LogP contribution in [0.4, 0.5) is 10.1 Å². The Bertz CT molecular complexity index is 908. The Hall–Kier alpha value is -2.17. The van der Waals surface area contributed by atoms with Gasteiger partial charge in [0.05, 0.1) is 4.90 Å². The first-order chi connectivity index (χ1) is 11.5. The molecule has 0 fully saturated rings. The van der Waals surface area contributed by atoms with E-state index in [1.807, 2.05) is 12.1 Å². The van der Waals surface area contributed by atoms with Crippen LogP contribution < -0.4 is 0 Å². The van der Waals surface area contributed by atoms with Gasteiger partial charge in [-0.05, 0) is 35.5 Å². The zero-order valence-electron chi connectivity index (χ0n) is 12.2. The van der Waals surface area contributed by atoms with E-state index < -0.39 is 11.3 Å². The summed E-state index contributed by atoms with van der Waals surface area (Å²) in [5, 5.41) is 18.2. The van der Waals surface area contributed by atoms with Crippen molar-refractivity contribution in [2.24, 2.45) is 0 Å². The van der Waals surface area contributed by atoms with Gasteiger partial charge in [-0.25, -0.2) is 9.18 Å². The largest absolute Gasteiger partial charge is 0.473 e. The zero-order chi connectivity index (χ0) is 17.3. The summed E-state index contributed by atoms with van der Waals surface area (Å²) in [7, 11) is 0. The first-order valence-electron chi connectivity index (χ1n) is 7.00. The summed E-state index contributed by atoms with van der Waals surface area (Å²) in [4.78, 5) is 12.3. The number of para-hydroxylation sites is 1. The molecule has 1 unspecified atom stereocenters. The van der Waals surface area contributed by atoms with Crippen LogP contribution >= 0.6 is 27.7 Å². The predicted octanol–water partition coefficient (Wildman–Crippen LogP) is 3.96. The fraction of sp³-hybridized carbons (Fsp3) is 0.118. The highest BCUT2D eigenvalue weighted by Gasteiger charge is 2.40. The number of rotatable bonds is 3.